The van der Waals surface area contributed by atoms with Crippen molar-refractivity contribution >= 4 is 11.8 Å². The van der Waals surface area contributed by atoms with Gasteiger partial charge in [0.15, 0.2) is 0 Å². The number of hydrogen-bond donors (Lipinski definition) is 2. The first-order valence-corrected chi connectivity index (χ1v) is 7.42. The fourth-order valence-corrected chi connectivity index (χ4v) is 2.48. The molecular formula is C17H19N3O2. The van der Waals surface area contributed by atoms with Gasteiger partial charge in [-0.25, -0.2) is 0 Å². The van der Waals surface area contributed by atoms with Crippen LogP contribution in [0.2, 0.25) is 0 Å². The summed E-state index contributed by atoms with van der Waals surface area (Å²) < 4.78 is 2.12. The number of rotatable bonds is 3. The van der Waals surface area contributed by atoms with Crippen LogP contribution < -0.4 is 10.9 Å². The number of benzene rings is 1. The highest BCUT2D eigenvalue weighted by Crippen LogP contribution is 2.28. The van der Waals surface area contributed by atoms with Gasteiger partial charge in [-0.1, -0.05) is 0 Å². The minimum Gasteiger partial charge on any atom is -0.319 e. The normalized spacial score (nSPS) is 13.7. The van der Waals surface area contributed by atoms with E-state index in [1.165, 1.54) is 0 Å². The molecule has 0 spiro atoms. The third-order valence-corrected chi connectivity index (χ3v) is 3.91. The molecule has 114 valence electrons. The Balaban J connectivity index is 1.68. The molecule has 0 unspecified atom stereocenters. The van der Waals surface area contributed by atoms with Gasteiger partial charge in [0.05, 0.1) is 0 Å². The second-order valence-electron chi connectivity index (χ2n) is 5.72. The molecule has 2 N–H and O–H groups in total. The summed E-state index contributed by atoms with van der Waals surface area (Å²) >= 11 is 0. The highest BCUT2D eigenvalue weighted by atomic mass is 16.2. The minimum atomic E-state index is -0.304. The van der Waals surface area contributed by atoms with Gasteiger partial charge in [0.2, 0.25) is 5.91 Å². The number of hydrogen-bond acceptors (Lipinski definition) is 2. The number of carbonyl (C=O) groups excluding carboxylic acids is 2. The van der Waals surface area contributed by atoms with Crippen molar-refractivity contribution < 1.29 is 9.59 Å². The molecule has 0 radical (unpaired) electrons. The zero-order chi connectivity index (χ0) is 15.7. The minimum absolute atomic E-state index is 0.0716. The molecule has 1 aromatic carbocycles. The first-order valence-electron chi connectivity index (χ1n) is 7.42. The van der Waals surface area contributed by atoms with Gasteiger partial charge in [-0.2, -0.15) is 0 Å². The lowest BCUT2D eigenvalue weighted by molar-refractivity contribution is -0.123. The van der Waals surface area contributed by atoms with Crippen LogP contribution in [0.4, 0.5) is 0 Å². The van der Waals surface area contributed by atoms with Crippen LogP contribution in [0.25, 0.3) is 5.69 Å². The average molecular weight is 297 g/mol. The summed E-state index contributed by atoms with van der Waals surface area (Å²) in [6, 6.07) is 11.4. The van der Waals surface area contributed by atoms with Crippen molar-refractivity contribution in [1.82, 2.24) is 15.4 Å². The zero-order valence-corrected chi connectivity index (χ0v) is 12.7. The first kappa shape index (κ1) is 14.4. The van der Waals surface area contributed by atoms with E-state index in [9.17, 15) is 9.59 Å². The highest BCUT2D eigenvalue weighted by molar-refractivity contribution is 5.95. The van der Waals surface area contributed by atoms with Gasteiger partial charge in [-0.3, -0.25) is 20.4 Å². The molecular weight excluding hydrogens is 278 g/mol. The fourth-order valence-electron chi connectivity index (χ4n) is 2.48. The van der Waals surface area contributed by atoms with E-state index in [2.05, 4.69) is 27.6 Å². The van der Waals surface area contributed by atoms with E-state index in [1.54, 1.807) is 12.1 Å². The van der Waals surface area contributed by atoms with E-state index < -0.39 is 0 Å². The molecule has 2 aromatic rings. The molecule has 0 atom stereocenters. The SMILES string of the molecule is Cc1ccc(C)n1-c1ccc(C(=O)NNC(=O)C2CC2)cc1. The molecule has 0 saturated heterocycles. The Bertz CT molecular complexity index is 693. The van der Waals surface area contributed by atoms with Crippen molar-refractivity contribution in [2.24, 2.45) is 5.92 Å². The molecule has 3 rings (SSSR count). The quantitative estimate of drug-likeness (QED) is 0.854. The number of amides is 2. The molecule has 0 bridgehead atoms. The molecule has 1 heterocycles. The van der Waals surface area contributed by atoms with Gasteiger partial charge in [0.1, 0.15) is 0 Å². The fraction of sp³-hybridized carbons (Fsp3) is 0.294. The Hall–Kier alpha value is -2.56. The number of nitrogens with zero attached hydrogens (tertiary/aromatic N) is 1. The van der Waals surface area contributed by atoms with Crippen LogP contribution in [0, 0.1) is 19.8 Å². The number of nitrogens with one attached hydrogen (secondary N) is 2. The van der Waals surface area contributed by atoms with Crippen molar-refractivity contribution in [2.75, 3.05) is 0 Å². The second-order valence-corrected chi connectivity index (χ2v) is 5.72. The Morgan fingerprint density at radius 3 is 2.09 bits per heavy atom. The second kappa shape index (κ2) is 5.67. The largest absolute Gasteiger partial charge is 0.319 e. The Kier molecular flexibility index (Phi) is 3.71. The van der Waals surface area contributed by atoms with Crippen LogP contribution in [0.15, 0.2) is 36.4 Å². The van der Waals surface area contributed by atoms with E-state index in [0.29, 0.717) is 5.56 Å². The van der Waals surface area contributed by atoms with Gasteiger partial charge in [0.25, 0.3) is 5.91 Å². The van der Waals surface area contributed by atoms with E-state index in [4.69, 9.17) is 0 Å². The first-order chi connectivity index (χ1) is 10.6. The molecule has 1 aliphatic rings. The summed E-state index contributed by atoms with van der Waals surface area (Å²) in [6.07, 6.45) is 1.82. The van der Waals surface area contributed by atoms with Crippen LogP contribution >= 0.6 is 0 Å². The third kappa shape index (κ3) is 2.88. The molecule has 1 fully saturated rings. The summed E-state index contributed by atoms with van der Waals surface area (Å²) in [6.45, 7) is 4.09. The van der Waals surface area contributed by atoms with Crippen LogP contribution in [0.5, 0.6) is 0 Å². The van der Waals surface area contributed by atoms with Gasteiger partial charge < -0.3 is 4.57 Å². The predicted molar refractivity (Wildman–Crippen MR) is 83.6 cm³/mol. The van der Waals surface area contributed by atoms with Crippen molar-refractivity contribution in [3.8, 4) is 5.69 Å². The van der Waals surface area contributed by atoms with Gasteiger partial charge in [-0.15, -0.1) is 0 Å². The Morgan fingerprint density at radius 2 is 1.55 bits per heavy atom. The lowest BCUT2D eigenvalue weighted by atomic mass is 10.2. The van der Waals surface area contributed by atoms with E-state index in [-0.39, 0.29) is 17.7 Å². The van der Waals surface area contributed by atoms with Crippen molar-refractivity contribution in [2.45, 2.75) is 26.7 Å². The number of aromatic nitrogens is 1. The lowest BCUT2D eigenvalue weighted by Crippen LogP contribution is -2.42. The zero-order valence-electron chi connectivity index (χ0n) is 12.7. The molecule has 1 saturated carbocycles. The summed E-state index contributed by atoms with van der Waals surface area (Å²) in [5, 5.41) is 0. The maximum Gasteiger partial charge on any atom is 0.269 e. The van der Waals surface area contributed by atoms with Gasteiger partial charge >= 0.3 is 0 Å². The summed E-state index contributed by atoms with van der Waals surface area (Å²) in [5.41, 5.74) is 8.73. The maximum absolute atomic E-state index is 12.0. The Morgan fingerprint density at radius 1 is 0.955 bits per heavy atom. The highest BCUT2D eigenvalue weighted by Gasteiger charge is 2.29. The smallest absolute Gasteiger partial charge is 0.269 e. The number of carbonyl (C=O) groups is 2. The summed E-state index contributed by atoms with van der Waals surface area (Å²) in [4.78, 5) is 23.5. The topological polar surface area (TPSA) is 63.1 Å². The summed E-state index contributed by atoms with van der Waals surface area (Å²) in [5.74, 6) is -0.340. The van der Waals surface area contributed by atoms with Gasteiger partial charge in [-0.05, 0) is 63.1 Å². The number of aryl methyl sites for hydroxylation is 2. The molecule has 5 nitrogen and oxygen atoms in total. The van der Waals surface area contributed by atoms with Crippen molar-refractivity contribution in [3.63, 3.8) is 0 Å². The molecule has 1 aromatic heterocycles. The predicted octanol–water partition coefficient (Wildman–Crippen LogP) is 2.27. The summed E-state index contributed by atoms with van der Waals surface area (Å²) in [7, 11) is 0. The average Bonchev–Trinajstić information content (AvgIpc) is 3.31. The van der Waals surface area contributed by atoms with E-state index in [0.717, 1.165) is 29.9 Å². The number of hydrazine groups is 1. The maximum atomic E-state index is 12.0. The lowest BCUT2D eigenvalue weighted by Gasteiger charge is -2.11. The monoisotopic (exact) mass is 297 g/mol. The molecule has 2 amide bonds. The molecule has 5 heteroatoms. The third-order valence-electron chi connectivity index (χ3n) is 3.91. The molecule has 1 aliphatic carbocycles. The van der Waals surface area contributed by atoms with Gasteiger partial charge in [0, 0.05) is 28.6 Å². The molecule has 0 aliphatic heterocycles. The van der Waals surface area contributed by atoms with Crippen LogP contribution in [0.1, 0.15) is 34.6 Å². The van der Waals surface area contributed by atoms with Crippen LogP contribution in [-0.4, -0.2) is 16.4 Å². The van der Waals surface area contributed by atoms with E-state index in [1.807, 2.05) is 26.0 Å². The van der Waals surface area contributed by atoms with Crippen molar-refractivity contribution in [1.29, 1.82) is 0 Å². The Labute approximate surface area is 129 Å². The molecule has 22 heavy (non-hydrogen) atoms. The van der Waals surface area contributed by atoms with E-state index >= 15 is 0 Å². The van der Waals surface area contributed by atoms with Crippen LogP contribution in [-0.2, 0) is 4.79 Å². The van der Waals surface area contributed by atoms with Crippen LogP contribution in [0.3, 0.4) is 0 Å². The van der Waals surface area contributed by atoms with Crippen molar-refractivity contribution in [3.05, 3.63) is 53.3 Å². The standard InChI is InChI=1S/C17H19N3O2/c1-11-3-4-12(2)20(11)15-9-7-14(8-10-15)17(22)19-18-16(21)13-5-6-13/h3-4,7-10,13H,5-6H2,1-2H3,(H,18,21)(H,19,22).